The number of aromatic amines is 3. The molecule has 18 rings (SSSR count). The number of hydrogen-bond acceptors (Lipinski definition) is 29. The van der Waals surface area contributed by atoms with Gasteiger partial charge in [0, 0.05) is 211 Å². The highest BCUT2D eigenvalue weighted by molar-refractivity contribution is 7.89. The SMILES string of the molecule is C=C(C)C(=O)CCCC(=O)N1CCN(Cc2cc3nc(-c4cccc5[nH]ncc45)nc(N4CCOCC4)c3s2)CC1.C=CC(=O)NCCCS(=O)(=O)N1CCN(Cc2cc3nc(-c4cccc5[nH]ncc45)nc(N4CCOCC4)c3s2)CC1.C=CC(=O)NCCS(=O)(=O)N1CCN(Cc2cc3nc(-c4cccc5[nH]ncc45)nc(N4CCOCC4)c3s2)CC1. The minimum atomic E-state index is -3.45. The third-order valence-corrected chi connectivity index (χ3v) is 30.0. The fourth-order valence-corrected chi connectivity index (χ4v) is 22.3. The van der Waals surface area contributed by atoms with Crippen LogP contribution in [0.1, 0.15) is 47.2 Å². The van der Waals surface area contributed by atoms with Gasteiger partial charge < -0.3 is 44.4 Å². The summed E-state index contributed by atoms with van der Waals surface area (Å²) in [7, 11) is -6.82. The lowest BCUT2D eigenvalue weighted by molar-refractivity contribution is -0.133. The van der Waals surface area contributed by atoms with Crippen LogP contribution < -0.4 is 25.3 Å². The van der Waals surface area contributed by atoms with Crippen LogP contribution >= 0.6 is 34.0 Å². The van der Waals surface area contributed by atoms with Crippen LogP contribution in [0.5, 0.6) is 0 Å². The number of anilines is 3. The highest BCUT2D eigenvalue weighted by Gasteiger charge is 2.33. The van der Waals surface area contributed by atoms with Crippen molar-refractivity contribution in [1.82, 2.24) is 99.3 Å². The van der Waals surface area contributed by atoms with Crippen molar-refractivity contribution in [2.45, 2.75) is 52.2 Å². The number of carbonyl (C=O) groups excluding carboxylic acids is 4. The van der Waals surface area contributed by atoms with Gasteiger partial charge in [-0.15, -0.1) is 34.0 Å². The second-order valence-electron chi connectivity index (χ2n) is 31.1. The van der Waals surface area contributed by atoms with Gasteiger partial charge in [-0.25, -0.2) is 46.7 Å². The van der Waals surface area contributed by atoms with Gasteiger partial charge >= 0.3 is 0 Å². The molecule has 0 unspecified atom stereocenters. The summed E-state index contributed by atoms with van der Waals surface area (Å²) in [5, 5.41) is 29.9. The Kier molecular flexibility index (Phi) is 27.9. The molecule has 0 bridgehead atoms. The first kappa shape index (κ1) is 87.0. The molecule has 3 amide bonds. The van der Waals surface area contributed by atoms with E-state index in [-0.39, 0.29) is 41.6 Å². The maximum Gasteiger partial charge on any atom is 0.243 e. The third kappa shape index (κ3) is 20.7. The topological polar surface area (TPSA) is 381 Å². The van der Waals surface area contributed by atoms with E-state index in [4.69, 9.17) is 44.1 Å². The number of morpholine rings is 3. The second-order valence-corrected chi connectivity index (χ2v) is 38.7. The molecule has 0 atom stereocenters. The molecule has 652 valence electrons. The molecular weight excluding hydrogens is 1680 g/mol. The number of carbonyl (C=O) groups is 4. The normalized spacial score (nSPS) is 17.0. The molecule has 39 heteroatoms. The van der Waals surface area contributed by atoms with Crippen molar-refractivity contribution in [1.29, 1.82) is 0 Å². The summed E-state index contributed by atoms with van der Waals surface area (Å²) in [6.45, 7) is 30.8. The first-order valence-electron chi connectivity index (χ1n) is 41.8. The van der Waals surface area contributed by atoms with E-state index in [0.29, 0.717) is 167 Å². The molecule has 34 nitrogen and oxygen atoms in total. The zero-order chi connectivity index (χ0) is 85.9. The van der Waals surface area contributed by atoms with Crippen LogP contribution in [0.3, 0.4) is 0 Å². The molecule has 5 N–H and O–H groups in total. The van der Waals surface area contributed by atoms with Crippen LogP contribution in [0.25, 0.3) is 97.5 Å². The molecule has 9 aromatic heterocycles. The molecule has 6 saturated heterocycles. The van der Waals surface area contributed by atoms with E-state index in [0.717, 1.165) is 174 Å². The molecule has 124 heavy (non-hydrogen) atoms. The first-order chi connectivity index (χ1) is 60.3. The number of sulfonamides is 2. The lowest BCUT2D eigenvalue weighted by atomic mass is 10.1. The summed E-state index contributed by atoms with van der Waals surface area (Å²) < 4.78 is 74.2. The predicted molar refractivity (Wildman–Crippen MR) is 484 cm³/mol. The van der Waals surface area contributed by atoms with Crippen molar-refractivity contribution in [3.8, 4) is 34.2 Å². The number of rotatable bonds is 28. The van der Waals surface area contributed by atoms with Crippen molar-refractivity contribution >= 4 is 158 Å². The van der Waals surface area contributed by atoms with Crippen molar-refractivity contribution in [3.63, 3.8) is 0 Å². The predicted octanol–water partition coefficient (Wildman–Crippen LogP) is 8.06. The monoisotopic (exact) mass is 1780 g/mol. The van der Waals surface area contributed by atoms with Crippen LogP contribution in [0.4, 0.5) is 17.5 Å². The Morgan fingerprint density at radius 2 is 0.806 bits per heavy atom. The smallest absolute Gasteiger partial charge is 0.243 e. The van der Waals surface area contributed by atoms with Gasteiger partial charge in [0.2, 0.25) is 37.8 Å². The first-order valence-corrected chi connectivity index (χ1v) is 47.5. The molecule has 15 heterocycles. The Morgan fingerprint density at radius 1 is 0.452 bits per heavy atom. The summed E-state index contributed by atoms with van der Waals surface area (Å²) in [5.74, 6) is 4.24. The number of ketones is 1. The van der Waals surface area contributed by atoms with Gasteiger partial charge in [0.15, 0.2) is 40.7 Å². The number of benzene rings is 3. The van der Waals surface area contributed by atoms with E-state index in [1.165, 1.54) is 20.1 Å². The molecule has 3 aromatic carbocycles. The number of Topliss-reactive ketones (excluding diaryl/α,β-unsaturated/α-hetero) is 1. The number of aromatic nitrogens is 12. The van der Waals surface area contributed by atoms with Gasteiger partial charge in [-0.1, -0.05) is 56.1 Å². The zero-order valence-electron chi connectivity index (χ0n) is 69.3. The summed E-state index contributed by atoms with van der Waals surface area (Å²) in [6.07, 6.45) is 9.52. The lowest BCUT2D eigenvalue weighted by Gasteiger charge is -2.34. The molecule has 0 saturated carbocycles. The van der Waals surface area contributed by atoms with Gasteiger partial charge in [-0.05, 0) is 73.9 Å². The molecule has 0 radical (unpaired) electrons. The molecular formula is C85H101N23O11S5. The van der Waals surface area contributed by atoms with E-state index < -0.39 is 20.0 Å². The standard InChI is InChI=1S/C30H35N7O3S.C28H34N8O4S2.C27H32N8O4S2/c1-20(2)26(38)7-4-8-27(39)36-11-9-35(10-12-36)19-21-17-25-28(41-21)30(37-13-15-40-16-14-37)33-29(32-25)22-5-3-6-24-23(22)18-31-34-24;1-2-25(37)29-7-4-16-42(38,39)36-10-8-34(9-11-36)19-20-17-24-26(41-20)28(35-12-14-40-15-13-35)32-27(31-24)21-5-3-6-23-22(21)18-30-33-23;1-2-24(36)28-6-15-41(37,38)35-9-7-33(8-10-35)18-19-16-23-25(40-19)27(34-11-13-39-14-12-34)31-26(30-23)20-4-3-5-22-21(20)17-29-32-22/h3,5-6,17-18H,1,4,7-16,19H2,2H3,(H,31,34);2-3,5-6,17-18H,1,4,7-16,19H2,(H,29,37)(H,30,33);2-5,16-17H,1,6-15,18H2,(H,28,36)(H,29,32). The average molecular weight is 1780 g/mol. The lowest BCUT2D eigenvalue weighted by Crippen LogP contribution is -2.49. The largest absolute Gasteiger partial charge is 0.378 e. The van der Waals surface area contributed by atoms with Crippen LogP contribution in [0, 0.1) is 0 Å². The molecule has 6 aliphatic rings. The van der Waals surface area contributed by atoms with E-state index in [9.17, 15) is 36.0 Å². The van der Waals surface area contributed by atoms with Crippen LogP contribution in [-0.4, -0.2) is 311 Å². The van der Waals surface area contributed by atoms with Crippen molar-refractivity contribution in [2.75, 3.05) is 197 Å². The summed E-state index contributed by atoms with van der Waals surface area (Å²) in [5.41, 5.74) is 8.99. The summed E-state index contributed by atoms with van der Waals surface area (Å²) in [6, 6.07) is 24.5. The molecule has 6 fully saturated rings. The van der Waals surface area contributed by atoms with E-state index in [1.807, 2.05) is 72.0 Å². The molecule has 0 spiro atoms. The van der Waals surface area contributed by atoms with E-state index in [1.54, 1.807) is 45.2 Å². The van der Waals surface area contributed by atoms with E-state index >= 15 is 0 Å². The Bertz CT molecular complexity index is 6100. The average Bonchev–Trinajstić information content (AvgIpc) is 1.59. The van der Waals surface area contributed by atoms with Gasteiger partial charge in [0.25, 0.3) is 0 Å². The van der Waals surface area contributed by atoms with Gasteiger partial charge in [-0.3, -0.25) is 49.2 Å². The fourth-order valence-electron chi connectivity index (χ4n) is 16.0. The Hall–Kier alpha value is -10.5. The quantitative estimate of drug-likeness (QED) is 0.0228. The van der Waals surface area contributed by atoms with Crippen LogP contribution in [0.2, 0.25) is 0 Å². The number of nitrogens with one attached hydrogen (secondary N) is 5. The van der Waals surface area contributed by atoms with Gasteiger partial charge in [-0.2, -0.15) is 23.9 Å². The molecule has 12 aromatic rings. The highest BCUT2D eigenvalue weighted by Crippen LogP contribution is 2.41. The Labute approximate surface area is 729 Å². The summed E-state index contributed by atoms with van der Waals surface area (Å²) in [4.78, 5) is 96.7. The number of allylic oxidation sites excluding steroid dienone is 1. The number of thiophene rings is 3. The van der Waals surface area contributed by atoms with Crippen molar-refractivity contribution in [3.05, 3.63) is 143 Å². The number of hydrogen-bond donors (Lipinski definition) is 5. The van der Waals surface area contributed by atoms with Crippen LogP contribution in [0.15, 0.2) is 129 Å². The Morgan fingerprint density at radius 3 is 1.17 bits per heavy atom. The minimum absolute atomic E-state index is 0.0125. The Balaban J connectivity index is 0.000000137. The molecule has 6 aliphatic heterocycles. The number of fused-ring (bicyclic) bond motifs is 6. The molecule has 0 aliphatic carbocycles. The van der Waals surface area contributed by atoms with Crippen LogP contribution in [-0.2, 0) is 73.1 Å². The maximum atomic E-state index is 12.8. The minimum Gasteiger partial charge on any atom is -0.378 e. The fraction of sp³-hybridized carbons (Fsp3) is 0.424. The van der Waals surface area contributed by atoms with Crippen molar-refractivity contribution < 1.29 is 50.2 Å². The number of nitrogens with zero attached hydrogens (tertiary/aromatic N) is 18. The van der Waals surface area contributed by atoms with Gasteiger partial charge in [0.05, 0.1) is 117 Å². The summed E-state index contributed by atoms with van der Waals surface area (Å²) >= 11 is 5.15. The number of ether oxygens (including phenoxy) is 3. The number of amides is 3. The van der Waals surface area contributed by atoms with E-state index in [2.05, 4.69) is 115 Å². The third-order valence-electron chi connectivity index (χ3n) is 22.8. The zero-order valence-corrected chi connectivity index (χ0v) is 73.3. The second kappa shape index (κ2) is 39.8. The van der Waals surface area contributed by atoms with Crippen molar-refractivity contribution in [2.24, 2.45) is 0 Å². The van der Waals surface area contributed by atoms with Gasteiger partial charge in [0.1, 0.15) is 0 Å². The highest BCUT2D eigenvalue weighted by atomic mass is 32.2. The maximum absolute atomic E-state index is 12.8. The number of piperazine rings is 3. The number of H-pyrrole nitrogens is 3.